The standard InChI is InChI=1S/C21H25NO/c1-22(2)21-11-7-6-8-18(21)16-17-12-14-20(15-13-17)23-19-9-4-3-5-10-19/h3-5,9-10,12-16,21H,6-8,11H2,1-2H3. The first-order chi connectivity index (χ1) is 11.2. The lowest BCUT2D eigenvalue weighted by Gasteiger charge is -2.31. The van der Waals surface area contributed by atoms with Crippen LogP contribution in [-0.4, -0.2) is 25.0 Å². The van der Waals surface area contributed by atoms with E-state index in [0.29, 0.717) is 6.04 Å². The van der Waals surface area contributed by atoms with Gasteiger partial charge in [-0.3, -0.25) is 0 Å². The largest absolute Gasteiger partial charge is 0.457 e. The Bertz CT molecular complexity index is 643. The fourth-order valence-corrected chi connectivity index (χ4v) is 3.25. The molecule has 0 aromatic heterocycles. The molecule has 23 heavy (non-hydrogen) atoms. The Morgan fingerprint density at radius 1 is 0.913 bits per heavy atom. The monoisotopic (exact) mass is 307 g/mol. The van der Waals surface area contributed by atoms with Crippen LogP contribution in [0.15, 0.2) is 60.2 Å². The van der Waals surface area contributed by atoms with E-state index in [2.05, 4.69) is 37.2 Å². The Hall–Kier alpha value is -2.06. The molecule has 1 unspecified atom stereocenters. The number of benzene rings is 2. The van der Waals surface area contributed by atoms with Crippen LogP contribution in [0.5, 0.6) is 11.5 Å². The van der Waals surface area contributed by atoms with Crippen LogP contribution in [0.4, 0.5) is 0 Å². The fourth-order valence-electron chi connectivity index (χ4n) is 3.25. The van der Waals surface area contributed by atoms with Crippen LogP contribution in [0.3, 0.4) is 0 Å². The van der Waals surface area contributed by atoms with E-state index in [1.165, 1.54) is 31.2 Å². The van der Waals surface area contributed by atoms with Crippen molar-refractivity contribution < 1.29 is 4.74 Å². The lowest BCUT2D eigenvalue weighted by Crippen LogP contribution is -2.31. The van der Waals surface area contributed by atoms with Crippen LogP contribution >= 0.6 is 0 Å². The first-order valence-electron chi connectivity index (χ1n) is 8.42. The van der Waals surface area contributed by atoms with Gasteiger partial charge in [0, 0.05) is 6.04 Å². The van der Waals surface area contributed by atoms with E-state index in [9.17, 15) is 0 Å². The molecule has 2 aromatic carbocycles. The van der Waals surface area contributed by atoms with Crippen molar-refractivity contribution in [3.8, 4) is 11.5 Å². The molecular weight excluding hydrogens is 282 g/mol. The number of nitrogens with zero attached hydrogens (tertiary/aromatic N) is 1. The normalized spacial score (nSPS) is 20.0. The van der Waals surface area contributed by atoms with Crippen molar-refractivity contribution in [2.24, 2.45) is 0 Å². The molecule has 0 radical (unpaired) electrons. The first-order valence-corrected chi connectivity index (χ1v) is 8.42. The summed E-state index contributed by atoms with van der Waals surface area (Å²) < 4.78 is 5.85. The molecular formula is C21H25NO. The average molecular weight is 307 g/mol. The van der Waals surface area contributed by atoms with E-state index in [1.807, 2.05) is 42.5 Å². The number of hydrogen-bond acceptors (Lipinski definition) is 2. The molecule has 2 aromatic rings. The predicted molar refractivity (Wildman–Crippen MR) is 96.9 cm³/mol. The van der Waals surface area contributed by atoms with Gasteiger partial charge in [-0.25, -0.2) is 0 Å². The molecule has 120 valence electrons. The smallest absolute Gasteiger partial charge is 0.127 e. The van der Waals surface area contributed by atoms with Crippen molar-refractivity contribution in [1.82, 2.24) is 4.90 Å². The maximum Gasteiger partial charge on any atom is 0.127 e. The Morgan fingerprint density at radius 3 is 2.30 bits per heavy atom. The summed E-state index contributed by atoms with van der Waals surface area (Å²) in [5.74, 6) is 1.75. The number of para-hydroxylation sites is 1. The average Bonchev–Trinajstić information content (AvgIpc) is 2.58. The lowest BCUT2D eigenvalue weighted by atomic mass is 9.88. The summed E-state index contributed by atoms with van der Waals surface area (Å²) in [4.78, 5) is 2.35. The Kier molecular flexibility index (Phi) is 5.14. The van der Waals surface area contributed by atoms with E-state index in [0.717, 1.165) is 11.5 Å². The number of hydrogen-bond donors (Lipinski definition) is 0. The van der Waals surface area contributed by atoms with Gasteiger partial charge in [-0.2, -0.15) is 0 Å². The molecule has 0 N–H and O–H groups in total. The van der Waals surface area contributed by atoms with Crippen LogP contribution < -0.4 is 4.74 Å². The Labute approximate surface area is 139 Å². The van der Waals surface area contributed by atoms with Gasteiger partial charge in [-0.15, -0.1) is 0 Å². The fraction of sp³-hybridized carbons (Fsp3) is 0.333. The molecule has 1 fully saturated rings. The molecule has 1 atom stereocenters. The van der Waals surface area contributed by atoms with E-state index >= 15 is 0 Å². The highest BCUT2D eigenvalue weighted by Crippen LogP contribution is 2.29. The van der Waals surface area contributed by atoms with Crippen LogP contribution in [0.25, 0.3) is 6.08 Å². The van der Waals surface area contributed by atoms with Gasteiger partial charge in [-0.1, -0.05) is 48.4 Å². The summed E-state index contributed by atoms with van der Waals surface area (Å²) in [7, 11) is 4.36. The molecule has 0 amide bonds. The topological polar surface area (TPSA) is 12.5 Å². The van der Waals surface area contributed by atoms with Crippen molar-refractivity contribution in [2.75, 3.05) is 14.1 Å². The third-order valence-electron chi connectivity index (χ3n) is 4.46. The van der Waals surface area contributed by atoms with Crippen LogP contribution in [-0.2, 0) is 0 Å². The highest BCUT2D eigenvalue weighted by atomic mass is 16.5. The number of rotatable bonds is 4. The first kappa shape index (κ1) is 15.8. The quantitative estimate of drug-likeness (QED) is 0.753. The summed E-state index contributed by atoms with van der Waals surface area (Å²) in [6.45, 7) is 0. The third-order valence-corrected chi connectivity index (χ3v) is 4.46. The van der Waals surface area contributed by atoms with Crippen molar-refractivity contribution in [3.05, 3.63) is 65.7 Å². The molecule has 0 heterocycles. The molecule has 0 aliphatic heterocycles. The van der Waals surface area contributed by atoms with Gasteiger partial charge in [0.2, 0.25) is 0 Å². The maximum atomic E-state index is 5.85. The van der Waals surface area contributed by atoms with Crippen LogP contribution in [0.1, 0.15) is 31.2 Å². The Balaban J connectivity index is 1.72. The maximum absolute atomic E-state index is 5.85. The second kappa shape index (κ2) is 7.47. The zero-order valence-corrected chi connectivity index (χ0v) is 14.0. The number of likely N-dealkylation sites (N-methyl/N-ethyl adjacent to an activating group) is 1. The Morgan fingerprint density at radius 2 is 1.61 bits per heavy atom. The minimum Gasteiger partial charge on any atom is -0.457 e. The van der Waals surface area contributed by atoms with Crippen LogP contribution in [0.2, 0.25) is 0 Å². The van der Waals surface area contributed by atoms with E-state index in [4.69, 9.17) is 4.74 Å². The van der Waals surface area contributed by atoms with E-state index in [1.54, 1.807) is 5.57 Å². The summed E-state index contributed by atoms with van der Waals surface area (Å²) >= 11 is 0. The van der Waals surface area contributed by atoms with Gasteiger partial charge in [0.05, 0.1) is 0 Å². The third kappa shape index (κ3) is 4.23. The van der Waals surface area contributed by atoms with Gasteiger partial charge in [-0.05, 0) is 63.2 Å². The highest BCUT2D eigenvalue weighted by Gasteiger charge is 2.20. The second-order valence-electron chi connectivity index (χ2n) is 6.43. The molecule has 0 saturated heterocycles. The van der Waals surface area contributed by atoms with Crippen molar-refractivity contribution in [1.29, 1.82) is 0 Å². The highest BCUT2D eigenvalue weighted by molar-refractivity contribution is 5.55. The minimum absolute atomic E-state index is 0.587. The summed E-state index contributed by atoms with van der Waals surface area (Å²) in [6, 6.07) is 18.9. The SMILES string of the molecule is CN(C)C1CCCCC1=Cc1ccc(Oc2ccccc2)cc1. The van der Waals surface area contributed by atoms with Gasteiger partial charge in [0.1, 0.15) is 11.5 Å². The molecule has 1 aliphatic carbocycles. The summed E-state index contributed by atoms with van der Waals surface area (Å²) in [5.41, 5.74) is 2.81. The van der Waals surface area contributed by atoms with Gasteiger partial charge in [0.25, 0.3) is 0 Å². The molecule has 3 rings (SSSR count). The lowest BCUT2D eigenvalue weighted by molar-refractivity contribution is 0.285. The van der Waals surface area contributed by atoms with Gasteiger partial charge < -0.3 is 9.64 Å². The van der Waals surface area contributed by atoms with E-state index < -0.39 is 0 Å². The molecule has 1 saturated carbocycles. The molecule has 2 nitrogen and oxygen atoms in total. The van der Waals surface area contributed by atoms with Gasteiger partial charge >= 0.3 is 0 Å². The molecule has 1 aliphatic rings. The van der Waals surface area contributed by atoms with Gasteiger partial charge in [0.15, 0.2) is 0 Å². The van der Waals surface area contributed by atoms with Crippen molar-refractivity contribution in [2.45, 2.75) is 31.7 Å². The molecule has 0 bridgehead atoms. The van der Waals surface area contributed by atoms with Crippen molar-refractivity contribution >= 4 is 6.08 Å². The number of ether oxygens (including phenoxy) is 1. The molecule has 2 heteroatoms. The van der Waals surface area contributed by atoms with E-state index in [-0.39, 0.29) is 0 Å². The summed E-state index contributed by atoms with van der Waals surface area (Å²) in [6.07, 6.45) is 7.49. The van der Waals surface area contributed by atoms with Crippen LogP contribution in [0, 0.1) is 0 Å². The zero-order valence-electron chi connectivity index (χ0n) is 14.0. The predicted octanol–water partition coefficient (Wildman–Crippen LogP) is 5.37. The molecule has 0 spiro atoms. The second-order valence-corrected chi connectivity index (χ2v) is 6.43. The summed E-state index contributed by atoms with van der Waals surface area (Å²) in [5, 5.41) is 0. The van der Waals surface area contributed by atoms with Crippen molar-refractivity contribution in [3.63, 3.8) is 0 Å². The zero-order chi connectivity index (χ0) is 16.1. The minimum atomic E-state index is 0.587.